The van der Waals surface area contributed by atoms with Gasteiger partial charge in [-0.05, 0) is 49.0 Å². The summed E-state index contributed by atoms with van der Waals surface area (Å²) in [7, 11) is 1.79. The maximum absolute atomic E-state index is 5.88. The first kappa shape index (κ1) is 13.0. The van der Waals surface area contributed by atoms with Gasteiger partial charge in [-0.15, -0.1) is 0 Å². The van der Waals surface area contributed by atoms with Crippen LogP contribution >= 0.6 is 0 Å². The molecular weight excluding hydrogens is 186 g/mol. The zero-order valence-corrected chi connectivity index (χ0v) is 10.8. The minimum absolute atomic E-state index is 0.498. The molecule has 1 saturated carbocycles. The summed E-state index contributed by atoms with van der Waals surface area (Å²) >= 11 is 0. The number of ether oxygens (including phenoxy) is 1. The van der Waals surface area contributed by atoms with Crippen LogP contribution in [0, 0.1) is 23.2 Å². The van der Waals surface area contributed by atoms with Gasteiger partial charge in [-0.1, -0.05) is 20.8 Å². The lowest BCUT2D eigenvalue weighted by atomic mass is 9.64. The van der Waals surface area contributed by atoms with Crippen LogP contribution in [-0.4, -0.2) is 20.3 Å². The Bertz CT molecular complexity index is 191. The van der Waals surface area contributed by atoms with Gasteiger partial charge in [0.05, 0.1) is 0 Å². The normalized spacial score (nSPS) is 32.6. The lowest BCUT2D eigenvalue weighted by Gasteiger charge is -2.43. The summed E-state index contributed by atoms with van der Waals surface area (Å²) in [6.45, 7) is 8.78. The third kappa shape index (κ3) is 3.46. The topological polar surface area (TPSA) is 35.2 Å². The Kier molecular flexibility index (Phi) is 4.60. The predicted octanol–water partition coefficient (Wildman–Crippen LogP) is 2.67. The average Bonchev–Trinajstić information content (AvgIpc) is 2.17. The van der Waals surface area contributed by atoms with Gasteiger partial charge in [0, 0.05) is 13.7 Å². The van der Waals surface area contributed by atoms with E-state index in [1.54, 1.807) is 7.11 Å². The molecule has 0 aromatic carbocycles. The van der Waals surface area contributed by atoms with Crippen LogP contribution in [0.15, 0.2) is 0 Å². The molecule has 90 valence electrons. The van der Waals surface area contributed by atoms with E-state index in [2.05, 4.69) is 20.8 Å². The van der Waals surface area contributed by atoms with E-state index in [0.29, 0.717) is 17.3 Å². The molecule has 3 atom stereocenters. The van der Waals surface area contributed by atoms with Crippen molar-refractivity contribution < 1.29 is 4.74 Å². The van der Waals surface area contributed by atoms with E-state index >= 15 is 0 Å². The number of methoxy groups -OCH3 is 1. The Balaban J connectivity index is 2.62. The molecule has 0 aliphatic heterocycles. The largest absolute Gasteiger partial charge is 0.384 e. The molecule has 0 spiro atoms. The molecule has 2 N–H and O–H groups in total. The van der Waals surface area contributed by atoms with Crippen LogP contribution in [0.3, 0.4) is 0 Å². The maximum Gasteiger partial charge on any atom is 0.0490 e. The van der Waals surface area contributed by atoms with Gasteiger partial charge in [-0.3, -0.25) is 0 Å². The number of hydrogen-bond donors (Lipinski definition) is 1. The molecule has 1 fully saturated rings. The van der Waals surface area contributed by atoms with Crippen LogP contribution in [0.5, 0.6) is 0 Å². The van der Waals surface area contributed by atoms with Crippen molar-refractivity contribution in [1.29, 1.82) is 0 Å². The van der Waals surface area contributed by atoms with Gasteiger partial charge < -0.3 is 10.5 Å². The fraction of sp³-hybridized carbons (Fsp3) is 1.00. The van der Waals surface area contributed by atoms with Crippen molar-refractivity contribution in [3.05, 3.63) is 0 Å². The maximum atomic E-state index is 5.88. The van der Waals surface area contributed by atoms with E-state index in [1.807, 2.05) is 0 Å². The Labute approximate surface area is 94.6 Å². The number of hydrogen-bond acceptors (Lipinski definition) is 2. The van der Waals surface area contributed by atoms with Gasteiger partial charge >= 0.3 is 0 Å². The molecular formula is C13H27NO. The van der Waals surface area contributed by atoms with Crippen LogP contribution < -0.4 is 5.73 Å². The second kappa shape index (κ2) is 5.31. The van der Waals surface area contributed by atoms with E-state index < -0.39 is 0 Å². The van der Waals surface area contributed by atoms with Crippen LogP contribution in [0.1, 0.15) is 40.0 Å². The molecule has 1 aliphatic carbocycles. The summed E-state index contributed by atoms with van der Waals surface area (Å²) in [5.74, 6) is 2.10. The van der Waals surface area contributed by atoms with Crippen molar-refractivity contribution in [2.45, 2.75) is 40.0 Å². The predicted molar refractivity (Wildman–Crippen MR) is 64.7 cm³/mol. The fourth-order valence-electron chi connectivity index (χ4n) is 3.04. The Morgan fingerprint density at radius 1 is 1.47 bits per heavy atom. The smallest absolute Gasteiger partial charge is 0.0490 e. The molecule has 0 amide bonds. The van der Waals surface area contributed by atoms with Gasteiger partial charge in [0.25, 0.3) is 0 Å². The second-order valence-electron chi connectivity index (χ2n) is 6.00. The SMILES string of the molecule is COCC(C)C1CC(C)(C)CCC1CN. The summed E-state index contributed by atoms with van der Waals surface area (Å²) in [6.07, 6.45) is 3.92. The van der Waals surface area contributed by atoms with Gasteiger partial charge in [0.1, 0.15) is 0 Å². The third-order valence-corrected chi connectivity index (χ3v) is 4.05. The van der Waals surface area contributed by atoms with Crippen LogP contribution in [0.4, 0.5) is 0 Å². The van der Waals surface area contributed by atoms with Crippen LogP contribution in [0.25, 0.3) is 0 Å². The molecule has 0 aromatic heterocycles. The molecule has 0 aromatic rings. The Morgan fingerprint density at radius 3 is 2.67 bits per heavy atom. The first-order chi connectivity index (χ1) is 7.00. The van der Waals surface area contributed by atoms with E-state index in [0.717, 1.165) is 19.1 Å². The summed E-state index contributed by atoms with van der Waals surface area (Å²) in [6, 6.07) is 0. The lowest BCUT2D eigenvalue weighted by molar-refractivity contribution is 0.0434. The standard InChI is InChI=1S/C13H27NO/c1-10(9-15-4)12-7-13(2,3)6-5-11(12)8-14/h10-12H,5-9,14H2,1-4H3. The van der Waals surface area contributed by atoms with E-state index in [-0.39, 0.29) is 0 Å². The van der Waals surface area contributed by atoms with Crippen molar-refractivity contribution >= 4 is 0 Å². The van der Waals surface area contributed by atoms with Crippen molar-refractivity contribution in [3.8, 4) is 0 Å². The molecule has 2 heteroatoms. The summed E-state index contributed by atoms with van der Waals surface area (Å²) in [4.78, 5) is 0. The molecule has 0 saturated heterocycles. The zero-order chi connectivity index (χ0) is 11.5. The van der Waals surface area contributed by atoms with Gasteiger partial charge in [-0.25, -0.2) is 0 Å². The quantitative estimate of drug-likeness (QED) is 0.779. The van der Waals surface area contributed by atoms with Crippen molar-refractivity contribution in [1.82, 2.24) is 0 Å². The van der Waals surface area contributed by atoms with Crippen molar-refractivity contribution in [2.24, 2.45) is 28.9 Å². The van der Waals surface area contributed by atoms with Crippen LogP contribution in [-0.2, 0) is 4.74 Å². The summed E-state index contributed by atoms with van der Waals surface area (Å²) in [5, 5.41) is 0. The van der Waals surface area contributed by atoms with Gasteiger partial charge in [0.2, 0.25) is 0 Å². The van der Waals surface area contributed by atoms with Gasteiger partial charge in [-0.2, -0.15) is 0 Å². The highest BCUT2D eigenvalue weighted by Gasteiger charge is 2.36. The number of nitrogens with two attached hydrogens (primary N) is 1. The molecule has 0 heterocycles. The van der Waals surface area contributed by atoms with Gasteiger partial charge in [0.15, 0.2) is 0 Å². The zero-order valence-electron chi connectivity index (χ0n) is 10.8. The highest BCUT2D eigenvalue weighted by Crippen LogP contribution is 2.44. The highest BCUT2D eigenvalue weighted by molar-refractivity contribution is 4.87. The Morgan fingerprint density at radius 2 is 2.13 bits per heavy atom. The number of rotatable bonds is 4. The molecule has 2 nitrogen and oxygen atoms in total. The Hall–Kier alpha value is -0.0800. The van der Waals surface area contributed by atoms with E-state index in [9.17, 15) is 0 Å². The van der Waals surface area contributed by atoms with Crippen molar-refractivity contribution in [3.63, 3.8) is 0 Å². The fourth-order valence-corrected chi connectivity index (χ4v) is 3.04. The van der Waals surface area contributed by atoms with E-state index in [4.69, 9.17) is 10.5 Å². The molecule has 15 heavy (non-hydrogen) atoms. The summed E-state index contributed by atoms with van der Waals surface area (Å²) < 4.78 is 5.28. The minimum Gasteiger partial charge on any atom is -0.384 e. The molecule has 1 aliphatic rings. The van der Waals surface area contributed by atoms with E-state index in [1.165, 1.54) is 19.3 Å². The van der Waals surface area contributed by atoms with Crippen LogP contribution in [0.2, 0.25) is 0 Å². The monoisotopic (exact) mass is 213 g/mol. The second-order valence-corrected chi connectivity index (χ2v) is 6.00. The first-order valence-corrected chi connectivity index (χ1v) is 6.19. The molecule has 0 bridgehead atoms. The third-order valence-electron chi connectivity index (χ3n) is 4.05. The molecule has 3 unspecified atom stereocenters. The first-order valence-electron chi connectivity index (χ1n) is 6.19. The molecule has 0 radical (unpaired) electrons. The lowest BCUT2D eigenvalue weighted by Crippen LogP contribution is -2.38. The van der Waals surface area contributed by atoms with Crippen molar-refractivity contribution in [2.75, 3.05) is 20.3 Å². The highest BCUT2D eigenvalue weighted by atomic mass is 16.5. The molecule has 1 rings (SSSR count). The minimum atomic E-state index is 0.498. The summed E-state index contributed by atoms with van der Waals surface area (Å²) in [5.41, 5.74) is 6.37. The average molecular weight is 213 g/mol.